The molecule has 0 heteroatoms. The second-order valence-corrected chi connectivity index (χ2v) is 4.88. The monoisotopic (exact) mass is 223 g/mol. The second kappa shape index (κ2) is 5.67. The van der Waals surface area contributed by atoms with Crippen molar-refractivity contribution in [2.45, 2.75) is 26.2 Å². The normalized spacial score (nSPS) is 12.6. The van der Waals surface area contributed by atoms with Crippen LogP contribution in [0.2, 0.25) is 0 Å². The molecule has 87 valence electrons. The Kier molecular flexibility index (Phi) is 3.98. The van der Waals surface area contributed by atoms with E-state index >= 15 is 0 Å². The van der Waals surface area contributed by atoms with E-state index < -0.39 is 0 Å². The minimum absolute atomic E-state index is 0.579. The van der Waals surface area contributed by atoms with Gasteiger partial charge in [0.05, 0.1) is 0 Å². The van der Waals surface area contributed by atoms with Crippen molar-refractivity contribution >= 4 is 0 Å². The highest BCUT2D eigenvalue weighted by Gasteiger charge is 2.15. The Balaban J connectivity index is 2.20. The third kappa shape index (κ3) is 3.20. The number of benzene rings is 2. The van der Waals surface area contributed by atoms with Crippen molar-refractivity contribution in [2.24, 2.45) is 5.92 Å². The first-order chi connectivity index (χ1) is 8.27. The lowest BCUT2D eigenvalue weighted by atomic mass is 9.83. The molecule has 2 rings (SSSR count). The summed E-state index contributed by atoms with van der Waals surface area (Å²) in [6.45, 7) is 4.58. The van der Waals surface area contributed by atoms with Gasteiger partial charge >= 0.3 is 0 Å². The van der Waals surface area contributed by atoms with Crippen molar-refractivity contribution < 1.29 is 0 Å². The molecule has 0 saturated heterocycles. The topological polar surface area (TPSA) is 0 Å². The quantitative estimate of drug-likeness (QED) is 0.717. The summed E-state index contributed by atoms with van der Waals surface area (Å²) in [6.07, 6.45) is 1.11. The molecule has 0 bridgehead atoms. The van der Waals surface area contributed by atoms with Gasteiger partial charge in [-0.05, 0) is 35.4 Å². The Morgan fingerprint density at radius 1 is 1.00 bits per heavy atom. The lowest BCUT2D eigenvalue weighted by Gasteiger charge is -2.21. The fourth-order valence-electron chi connectivity index (χ4n) is 2.24. The highest BCUT2D eigenvalue weighted by Crippen LogP contribution is 2.27. The zero-order valence-electron chi connectivity index (χ0n) is 10.6. The summed E-state index contributed by atoms with van der Waals surface area (Å²) < 4.78 is 0. The molecular weight excluding hydrogens is 204 g/mol. The molecule has 0 aliphatic heterocycles. The zero-order chi connectivity index (χ0) is 12.1. The predicted octanol–water partition coefficient (Wildman–Crippen LogP) is 4.47. The van der Waals surface area contributed by atoms with Crippen LogP contribution in [0.25, 0.3) is 0 Å². The van der Waals surface area contributed by atoms with Gasteiger partial charge in [-0.3, -0.25) is 0 Å². The van der Waals surface area contributed by atoms with Gasteiger partial charge in [0.15, 0.2) is 0 Å². The van der Waals surface area contributed by atoms with E-state index in [1.165, 1.54) is 11.1 Å². The van der Waals surface area contributed by atoms with Crippen LogP contribution in [-0.2, 0) is 6.42 Å². The molecule has 0 N–H and O–H groups in total. The van der Waals surface area contributed by atoms with Crippen molar-refractivity contribution in [1.29, 1.82) is 0 Å². The third-order valence-corrected chi connectivity index (χ3v) is 3.26. The lowest BCUT2D eigenvalue weighted by Crippen LogP contribution is -2.10. The summed E-state index contributed by atoms with van der Waals surface area (Å²) in [5.41, 5.74) is 2.81. The second-order valence-electron chi connectivity index (χ2n) is 4.88. The maximum absolute atomic E-state index is 3.18. The van der Waals surface area contributed by atoms with Crippen LogP contribution in [-0.4, -0.2) is 0 Å². The molecule has 0 heterocycles. The summed E-state index contributed by atoms with van der Waals surface area (Å²) in [4.78, 5) is 0. The summed E-state index contributed by atoms with van der Waals surface area (Å²) in [5, 5.41) is 0. The summed E-state index contributed by atoms with van der Waals surface area (Å²) >= 11 is 0. The van der Waals surface area contributed by atoms with E-state index in [-0.39, 0.29) is 0 Å². The van der Waals surface area contributed by atoms with Crippen molar-refractivity contribution in [3.8, 4) is 0 Å². The van der Waals surface area contributed by atoms with E-state index in [2.05, 4.69) is 68.4 Å². The van der Waals surface area contributed by atoms with Crippen LogP contribution >= 0.6 is 0 Å². The maximum atomic E-state index is 3.18. The molecule has 0 aliphatic carbocycles. The molecule has 2 aromatic rings. The van der Waals surface area contributed by atoms with Crippen LogP contribution in [0.1, 0.15) is 30.9 Å². The van der Waals surface area contributed by atoms with Crippen LogP contribution in [0.5, 0.6) is 0 Å². The average molecular weight is 223 g/mol. The summed E-state index contributed by atoms with van der Waals surface area (Å²) in [7, 11) is 0. The van der Waals surface area contributed by atoms with E-state index in [9.17, 15) is 0 Å². The SMILES string of the molecule is CC(C)C(Cc1ccccc1)c1c[c]ccc1. The van der Waals surface area contributed by atoms with Gasteiger partial charge in [0.1, 0.15) is 0 Å². The van der Waals surface area contributed by atoms with Gasteiger partial charge in [-0.2, -0.15) is 0 Å². The fraction of sp³-hybridized carbons (Fsp3) is 0.294. The first kappa shape index (κ1) is 11.9. The first-order valence-corrected chi connectivity index (χ1v) is 6.27. The minimum atomic E-state index is 0.579. The van der Waals surface area contributed by atoms with Gasteiger partial charge in [-0.15, -0.1) is 0 Å². The molecule has 1 unspecified atom stereocenters. The van der Waals surface area contributed by atoms with Gasteiger partial charge in [0.2, 0.25) is 0 Å². The Hall–Kier alpha value is -1.56. The van der Waals surface area contributed by atoms with Gasteiger partial charge in [0.25, 0.3) is 0 Å². The van der Waals surface area contributed by atoms with E-state index in [4.69, 9.17) is 0 Å². The molecule has 1 radical (unpaired) electrons. The zero-order valence-corrected chi connectivity index (χ0v) is 10.6. The van der Waals surface area contributed by atoms with Crippen LogP contribution in [0, 0.1) is 12.0 Å². The van der Waals surface area contributed by atoms with Crippen molar-refractivity contribution in [3.63, 3.8) is 0 Å². The van der Waals surface area contributed by atoms with E-state index in [1.54, 1.807) is 0 Å². The number of hydrogen-bond acceptors (Lipinski definition) is 0. The maximum Gasteiger partial charge on any atom is -0.00982 e. The van der Waals surface area contributed by atoms with E-state index in [0.717, 1.165) is 6.42 Å². The molecular formula is C17H19. The standard InChI is InChI=1S/C17H19/c1-14(2)17(16-11-7-4-8-12-16)13-15-9-5-3-6-10-15/h3-7,9-12,14,17H,13H2,1-2H3. The Morgan fingerprint density at radius 3 is 2.35 bits per heavy atom. The minimum Gasteiger partial charge on any atom is -0.0622 e. The third-order valence-electron chi connectivity index (χ3n) is 3.26. The molecule has 0 aliphatic rings. The van der Waals surface area contributed by atoms with Crippen LogP contribution in [0.15, 0.2) is 54.6 Å². The molecule has 0 aromatic heterocycles. The lowest BCUT2D eigenvalue weighted by molar-refractivity contribution is 0.495. The highest BCUT2D eigenvalue weighted by molar-refractivity contribution is 5.24. The van der Waals surface area contributed by atoms with Gasteiger partial charge in [-0.25, -0.2) is 0 Å². The molecule has 0 saturated carbocycles. The van der Waals surface area contributed by atoms with Crippen molar-refractivity contribution in [1.82, 2.24) is 0 Å². The Labute approximate surface area is 104 Å². The van der Waals surface area contributed by atoms with Gasteiger partial charge < -0.3 is 0 Å². The van der Waals surface area contributed by atoms with Crippen molar-refractivity contribution in [2.75, 3.05) is 0 Å². The van der Waals surface area contributed by atoms with Crippen LogP contribution in [0.3, 0.4) is 0 Å². The molecule has 0 nitrogen and oxygen atoms in total. The van der Waals surface area contributed by atoms with Crippen molar-refractivity contribution in [3.05, 3.63) is 71.8 Å². The first-order valence-electron chi connectivity index (χ1n) is 6.27. The van der Waals surface area contributed by atoms with Crippen LogP contribution in [0.4, 0.5) is 0 Å². The molecule has 0 fully saturated rings. The molecule has 17 heavy (non-hydrogen) atoms. The number of rotatable bonds is 4. The van der Waals surface area contributed by atoms with E-state index in [1.807, 2.05) is 6.07 Å². The molecule has 0 spiro atoms. The fourth-order valence-corrected chi connectivity index (χ4v) is 2.24. The Morgan fingerprint density at radius 2 is 1.76 bits per heavy atom. The predicted molar refractivity (Wildman–Crippen MR) is 73.0 cm³/mol. The highest BCUT2D eigenvalue weighted by atomic mass is 14.2. The van der Waals surface area contributed by atoms with Gasteiger partial charge in [0, 0.05) is 0 Å². The summed E-state index contributed by atoms with van der Waals surface area (Å²) in [6, 6.07) is 22.3. The smallest absolute Gasteiger partial charge is 0.00982 e. The molecule has 0 amide bonds. The number of hydrogen-bond donors (Lipinski definition) is 0. The van der Waals surface area contributed by atoms with Gasteiger partial charge in [-0.1, -0.05) is 68.4 Å². The summed E-state index contributed by atoms with van der Waals surface area (Å²) in [5.74, 6) is 1.22. The average Bonchev–Trinajstić information content (AvgIpc) is 2.38. The molecule has 1 atom stereocenters. The largest absolute Gasteiger partial charge is 0.0622 e. The molecule has 2 aromatic carbocycles. The van der Waals surface area contributed by atoms with E-state index in [0.29, 0.717) is 11.8 Å². The van der Waals surface area contributed by atoms with Crippen LogP contribution < -0.4 is 0 Å². The Bertz CT molecular complexity index is 428.